The van der Waals surface area contributed by atoms with Crippen molar-refractivity contribution in [1.29, 1.82) is 0 Å². The zero-order chi connectivity index (χ0) is 16.2. The highest BCUT2D eigenvalue weighted by atomic mass is 35.5. The van der Waals surface area contributed by atoms with E-state index in [0.29, 0.717) is 19.5 Å². The van der Waals surface area contributed by atoms with Gasteiger partial charge in [0.25, 0.3) is 0 Å². The Morgan fingerprint density at radius 2 is 2.18 bits per heavy atom. The number of halogens is 1. The minimum atomic E-state index is -3.40. The van der Waals surface area contributed by atoms with Gasteiger partial charge in [0.2, 0.25) is 15.9 Å². The van der Waals surface area contributed by atoms with Gasteiger partial charge < -0.3 is 10.1 Å². The molecule has 0 spiro atoms. The first-order chi connectivity index (χ1) is 10.5. The van der Waals surface area contributed by atoms with Gasteiger partial charge in [-0.05, 0) is 29.7 Å². The Bertz CT molecular complexity index is 648. The van der Waals surface area contributed by atoms with E-state index in [1.165, 1.54) is 4.31 Å². The molecule has 0 atom stereocenters. The molecule has 0 bridgehead atoms. The van der Waals surface area contributed by atoms with Crippen LogP contribution in [0, 0.1) is 0 Å². The van der Waals surface area contributed by atoms with Crippen LogP contribution in [0.2, 0.25) is 0 Å². The van der Waals surface area contributed by atoms with Crippen LogP contribution in [0.3, 0.4) is 0 Å². The molecule has 1 aliphatic rings. The molecule has 0 fully saturated rings. The summed E-state index contributed by atoms with van der Waals surface area (Å²) in [4.78, 5) is 11.0. The van der Waals surface area contributed by atoms with Crippen LogP contribution in [0.15, 0.2) is 18.2 Å². The fourth-order valence-corrected chi connectivity index (χ4v) is 3.78. The third-order valence-electron chi connectivity index (χ3n) is 3.59. The summed E-state index contributed by atoms with van der Waals surface area (Å²) in [6.45, 7) is 0.858. The Labute approximate surface area is 135 Å². The smallest absolute Gasteiger partial charge is 0.234 e. The quantitative estimate of drug-likeness (QED) is 0.771. The number of hydrogen-bond acceptors (Lipinski definition) is 4. The summed E-state index contributed by atoms with van der Waals surface area (Å²) in [5.74, 6) is 0.117. The predicted octanol–water partition coefficient (Wildman–Crippen LogP) is 0.738. The summed E-state index contributed by atoms with van der Waals surface area (Å²) in [6, 6.07) is 5.67. The summed E-state index contributed by atoms with van der Waals surface area (Å²) < 4.78 is 31.2. The highest BCUT2D eigenvalue weighted by Crippen LogP contribution is 2.25. The number of amides is 1. The third kappa shape index (κ3) is 4.12. The lowest BCUT2D eigenvalue weighted by atomic mass is 10.0. The van der Waals surface area contributed by atoms with Crippen LogP contribution in [-0.2, 0) is 27.8 Å². The van der Waals surface area contributed by atoms with Crippen LogP contribution in [0.5, 0.6) is 5.75 Å². The summed E-state index contributed by atoms with van der Waals surface area (Å²) in [5.41, 5.74) is 2.10. The Kier molecular flexibility index (Phi) is 5.66. The van der Waals surface area contributed by atoms with Crippen molar-refractivity contribution in [3.8, 4) is 5.75 Å². The number of sulfonamides is 1. The lowest BCUT2D eigenvalue weighted by molar-refractivity contribution is -0.118. The van der Waals surface area contributed by atoms with Crippen molar-refractivity contribution in [2.75, 3.05) is 31.8 Å². The summed E-state index contributed by atoms with van der Waals surface area (Å²) in [6.07, 6.45) is 0.653. The van der Waals surface area contributed by atoms with E-state index in [1.54, 1.807) is 7.11 Å². The van der Waals surface area contributed by atoms with Gasteiger partial charge in [-0.25, -0.2) is 8.42 Å². The molecule has 0 aromatic heterocycles. The van der Waals surface area contributed by atoms with Crippen molar-refractivity contribution in [3.63, 3.8) is 0 Å². The fraction of sp³-hybridized carbons (Fsp3) is 0.500. The van der Waals surface area contributed by atoms with E-state index in [4.69, 9.17) is 16.3 Å². The van der Waals surface area contributed by atoms with Crippen molar-refractivity contribution in [2.24, 2.45) is 0 Å². The maximum Gasteiger partial charge on any atom is 0.234 e. The van der Waals surface area contributed by atoms with Crippen LogP contribution < -0.4 is 10.1 Å². The maximum atomic E-state index is 12.3. The molecule has 0 unspecified atom stereocenters. The zero-order valence-electron chi connectivity index (χ0n) is 12.3. The largest absolute Gasteiger partial charge is 0.497 e. The summed E-state index contributed by atoms with van der Waals surface area (Å²) in [5, 5.41) is 2.47. The van der Waals surface area contributed by atoms with Gasteiger partial charge in [-0.2, -0.15) is 4.31 Å². The molecule has 22 heavy (non-hydrogen) atoms. The topological polar surface area (TPSA) is 75.7 Å². The second kappa shape index (κ2) is 7.30. The van der Waals surface area contributed by atoms with Crippen molar-refractivity contribution in [3.05, 3.63) is 29.3 Å². The van der Waals surface area contributed by atoms with Gasteiger partial charge in [-0.1, -0.05) is 6.07 Å². The molecule has 2 rings (SSSR count). The molecule has 1 aliphatic heterocycles. The summed E-state index contributed by atoms with van der Waals surface area (Å²) >= 11 is 5.35. The number of nitrogens with zero attached hydrogens (tertiary/aromatic N) is 1. The first kappa shape index (κ1) is 17.1. The van der Waals surface area contributed by atoms with E-state index < -0.39 is 10.0 Å². The molecule has 8 heteroatoms. The molecule has 1 aromatic rings. The van der Waals surface area contributed by atoms with Gasteiger partial charge in [-0.15, -0.1) is 11.6 Å². The van der Waals surface area contributed by atoms with E-state index in [2.05, 4.69) is 5.32 Å². The Morgan fingerprint density at radius 1 is 1.41 bits per heavy atom. The number of methoxy groups -OCH3 is 1. The van der Waals surface area contributed by atoms with Crippen LogP contribution in [0.25, 0.3) is 0 Å². The molecular weight excluding hydrogens is 328 g/mol. The van der Waals surface area contributed by atoms with Crippen LogP contribution >= 0.6 is 11.6 Å². The minimum absolute atomic E-state index is 0.0693. The van der Waals surface area contributed by atoms with Gasteiger partial charge >= 0.3 is 0 Å². The second-order valence-electron chi connectivity index (χ2n) is 5.02. The first-order valence-electron chi connectivity index (χ1n) is 6.92. The number of ether oxygens (including phenoxy) is 1. The average Bonchev–Trinajstić information content (AvgIpc) is 2.53. The Balaban J connectivity index is 2.00. The molecule has 1 aromatic carbocycles. The molecular formula is C14H19ClN2O4S. The highest BCUT2D eigenvalue weighted by Gasteiger charge is 2.26. The normalized spacial score (nSPS) is 15.2. The second-order valence-corrected chi connectivity index (χ2v) is 7.37. The molecule has 1 heterocycles. The van der Waals surface area contributed by atoms with Crippen molar-refractivity contribution >= 4 is 27.5 Å². The van der Waals surface area contributed by atoms with E-state index in [1.807, 2.05) is 18.2 Å². The number of carbonyl (C=O) groups is 1. The predicted molar refractivity (Wildman–Crippen MR) is 84.6 cm³/mol. The van der Waals surface area contributed by atoms with Gasteiger partial charge in [0.05, 0.1) is 12.9 Å². The lowest BCUT2D eigenvalue weighted by Crippen LogP contribution is -2.40. The van der Waals surface area contributed by atoms with E-state index in [9.17, 15) is 13.2 Å². The van der Waals surface area contributed by atoms with Gasteiger partial charge in [0.15, 0.2) is 0 Å². The van der Waals surface area contributed by atoms with E-state index in [0.717, 1.165) is 16.9 Å². The van der Waals surface area contributed by atoms with Gasteiger partial charge in [0, 0.05) is 19.6 Å². The number of rotatable bonds is 6. The molecule has 122 valence electrons. The molecule has 1 amide bonds. The van der Waals surface area contributed by atoms with Gasteiger partial charge in [0.1, 0.15) is 11.6 Å². The van der Waals surface area contributed by atoms with Crippen LogP contribution in [-0.4, -0.2) is 50.5 Å². The first-order valence-corrected chi connectivity index (χ1v) is 9.07. The Hall–Kier alpha value is -1.31. The molecule has 0 saturated heterocycles. The average molecular weight is 347 g/mol. The van der Waals surface area contributed by atoms with Crippen LogP contribution in [0.1, 0.15) is 11.1 Å². The monoisotopic (exact) mass is 346 g/mol. The Morgan fingerprint density at radius 3 is 2.86 bits per heavy atom. The van der Waals surface area contributed by atoms with Crippen molar-refractivity contribution in [2.45, 2.75) is 13.0 Å². The SMILES string of the molecule is COc1ccc2c(c1)CCN(S(=O)(=O)CCNC(=O)CCl)C2. The molecule has 1 N–H and O–H groups in total. The molecule has 0 saturated carbocycles. The van der Waals surface area contributed by atoms with Crippen LogP contribution in [0.4, 0.5) is 0 Å². The number of carbonyl (C=O) groups excluding carboxylic acids is 1. The molecule has 0 radical (unpaired) electrons. The van der Waals surface area contributed by atoms with Gasteiger partial charge in [-0.3, -0.25) is 4.79 Å². The fourth-order valence-electron chi connectivity index (χ4n) is 2.36. The lowest BCUT2D eigenvalue weighted by Gasteiger charge is -2.28. The minimum Gasteiger partial charge on any atom is -0.497 e. The zero-order valence-corrected chi connectivity index (χ0v) is 13.9. The number of fused-ring (bicyclic) bond motifs is 1. The summed E-state index contributed by atoms with van der Waals surface area (Å²) in [7, 11) is -1.79. The maximum absolute atomic E-state index is 12.3. The van der Waals surface area contributed by atoms with E-state index >= 15 is 0 Å². The standard InChI is InChI=1S/C14H19ClN2O4S/c1-21-13-3-2-12-10-17(6-4-11(12)8-13)22(19,20)7-5-16-14(18)9-15/h2-3,8H,4-7,9-10H2,1H3,(H,16,18). The highest BCUT2D eigenvalue weighted by molar-refractivity contribution is 7.89. The number of benzene rings is 1. The number of alkyl halides is 1. The van der Waals surface area contributed by atoms with Crippen molar-refractivity contribution in [1.82, 2.24) is 9.62 Å². The molecule has 6 nitrogen and oxygen atoms in total. The third-order valence-corrected chi connectivity index (χ3v) is 5.65. The van der Waals surface area contributed by atoms with E-state index in [-0.39, 0.29) is 24.1 Å². The van der Waals surface area contributed by atoms with Crippen molar-refractivity contribution < 1.29 is 17.9 Å². The number of hydrogen-bond donors (Lipinski definition) is 1. The molecule has 0 aliphatic carbocycles. The number of nitrogens with one attached hydrogen (secondary N) is 1.